The van der Waals surface area contributed by atoms with E-state index in [2.05, 4.69) is 14.8 Å². The summed E-state index contributed by atoms with van der Waals surface area (Å²) in [5, 5.41) is 3.60. The molecule has 2 heterocycles. The van der Waals surface area contributed by atoms with Crippen LogP contribution in [0.4, 0.5) is 4.39 Å². The molecule has 1 aromatic carbocycles. The summed E-state index contributed by atoms with van der Waals surface area (Å²) in [6, 6.07) is 8.94. The number of sulfone groups is 1. The molecule has 1 aliphatic rings. The van der Waals surface area contributed by atoms with Gasteiger partial charge >= 0.3 is 0 Å². The minimum Gasteiger partial charge on any atom is -0.368 e. The zero-order valence-electron chi connectivity index (χ0n) is 11.3. The second-order valence-electron chi connectivity index (χ2n) is 4.85. The van der Waals surface area contributed by atoms with Gasteiger partial charge in [0.1, 0.15) is 0 Å². The molecule has 0 saturated carbocycles. The minimum absolute atomic E-state index is 0.0542. The van der Waals surface area contributed by atoms with Crippen molar-refractivity contribution in [2.45, 2.75) is 23.8 Å². The van der Waals surface area contributed by atoms with Crippen LogP contribution in [0.15, 0.2) is 35.5 Å². The molecule has 8 heteroatoms. The highest BCUT2D eigenvalue weighted by Crippen LogP contribution is 2.39. The summed E-state index contributed by atoms with van der Waals surface area (Å²) in [6.07, 6.45) is -1.11. The molecule has 2 atom stereocenters. The summed E-state index contributed by atoms with van der Waals surface area (Å²) in [7, 11) is -2.48. The number of halogens is 1. The fourth-order valence-electron chi connectivity index (χ4n) is 2.45. The van der Waals surface area contributed by atoms with Crippen molar-refractivity contribution >= 4 is 9.84 Å². The van der Waals surface area contributed by atoms with E-state index in [9.17, 15) is 12.8 Å². The molecule has 0 saturated heterocycles. The average molecular weight is 311 g/mol. The van der Waals surface area contributed by atoms with Gasteiger partial charge in [-0.2, -0.15) is 4.98 Å². The second kappa shape index (κ2) is 5.19. The van der Waals surface area contributed by atoms with Gasteiger partial charge in [-0.15, -0.1) is 5.10 Å². The van der Waals surface area contributed by atoms with Crippen LogP contribution in [0.3, 0.4) is 0 Å². The molecule has 2 aromatic rings. The van der Waals surface area contributed by atoms with Gasteiger partial charge in [0.05, 0.1) is 6.04 Å². The number of ether oxygens (including phenoxy) is 1. The van der Waals surface area contributed by atoms with Gasteiger partial charge in [-0.05, 0) is 5.56 Å². The summed E-state index contributed by atoms with van der Waals surface area (Å²) in [4.78, 5) is 3.85. The van der Waals surface area contributed by atoms with Crippen molar-refractivity contribution < 1.29 is 17.5 Å². The van der Waals surface area contributed by atoms with Crippen LogP contribution in [-0.4, -0.2) is 36.2 Å². The molecular formula is C13H14FN3O3S. The normalized spacial score (nSPS) is 21.4. The highest BCUT2D eigenvalue weighted by molar-refractivity contribution is 7.91. The lowest BCUT2D eigenvalue weighted by Gasteiger charge is -2.11. The first-order valence-electron chi connectivity index (χ1n) is 6.40. The maximum Gasteiger partial charge on any atom is 0.269 e. The number of hydrogen-bond acceptors (Lipinski definition) is 5. The van der Waals surface area contributed by atoms with Gasteiger partial charge in [-0.25, -0.2) is 17.5 Å². The second-order valence-corrected chi connectivity index (χ2v) is 6.68. The molecule has 0 N–H and O–H groups in total. The first-order valence-corrected chi connectivity index (χ1v) is 8.05. The van der Waals surface area contributed by atoms with Crippen molar-refractivity contribution in [2.75, 3.05) is 13.0 Å². The average Bonchev–Trinajstić information content (AvgIpc) is 3.01. The van der Waals surface area contributed by atoms with Gasteiger partial charge in [0.25, 0.3) is 5.16 Å². The van der Waals surface area contributed by atoms with E-state index in [-0.39, 0.29) is 23.4 Å². The smallest absolute Gasteiger partial charge is 0.269 e. The Morgan fingerprint density at radius 2 is 2.10 bits per heavy atom. The van der Waals surface area contributed by atoms with Crippen molar-refractivity contribution in [3.05, 3.63) is 41.7 Å². The van der Waals surface area contributed by atoms with Crippen LogP contribution in [0.1, 0.15) is 30.0 Å². The molecule has 0 amide bonds. The highest BCUT2D eigenvalue weighted by Gasteiger charge is 2.37. The fraction of sp³-hybridized carbons (Fsp3) is 0.385. The highest BCUT2D eigenvalue weighted by atomic mass is 32.2. The molecule has 21 heavy (non-hydrogen) atoms. The van der Waals surface area contributed by atoms with Crippen molar-refractivity contribution in [1.29, 1.82) is 0 Å². The number of hydrogen-bond donors (Lipinski definition) is 0. The van der Waals surface area contributed by atoms with E-state index in [0.717, 1.165) is 5.56 Å². The molecule has 6 nitrogen and oxygen atoms in total. The minimum atomic E-state index is -3.75. The quantitative estimate of drug-likeness (QED) is 0.858. The number of alkyl halides is 1. The number of fused-ring (bicyclic) bond motifs is 1. The molecule has 0 aliphatic carbocycles. The predicted octanol–water partition coefficient (Wildman–Crippen LogP) is 1.66. The predicted molar refractivity (Wildman–Crippen MR) is 72.1 cm³/mol. The van der Waals surface area contributed by atoms with Gasteiger partial charge in [0.2, 0.25) is 9.84 Å². The molecule has 0 radical (unpaired) electrons. The third-order valence-electron chi connectivity index (χ3n) is 3.38. The molecular weight excluding hydrogens is 297 g/mol. The van der Waals surface area contributed by atoms with E-state index in [4.69, 9.17) is 0 Å². The number of methoxy groups -OCH3 is 1. The third-order valence-corrected chi connectivity index (χ3v) is 4.65. The zero-order valence-corrected chi connectivity index (χ0v) is 12.1. The molecule has 112 valence electrons. The van der Waals surface area contributed by atoms with Gasteiger partial charge in [-0.1, -0.05) is 30.3 Å². The monoisotopic (exact) mass is 311 g/mol. The summed E-state index contributed by atoms with van der Waals surface area (Å²) < 4.78 is 43.9. The molecule has 3 rings (SSSR count). The first-order chi connectivity index (χ1) is 10.0. The van der Waals surface area contributed by atoms with E-state index in [1.165, 1.54) is 11.8 Å². The van der Waals surface area contributed by atoms with Crippen LogP contribution >= 0.6 is 0 Å². The number of nitrogens with zero attached hydrogens (tertiary/aromatic N) is 3. The van der Waals surface area contributed by atoms with Crippen LogP contribution in [0.5, 0.6) is 0 Å². The van der Waals surface area contributed by atoms with E-state index in [1.807, 2.05) is 30.3 Å². The van der Waals surface area contributed by atoms with Crippen molar-refractivity contribution in [2.24, 2.45) is 0 Å². The molecule has 0 fully saturated rings. The van der Waals surface area contributed by atoms with E-state index in [0.29, 0.717) is 0 Å². The number of rotatable bonds is 4. The Morgan fingerprint density at radius 3 is 2.76 bits per heavy atom. The largest absolute Gasteiger partial charge is 0.368 e. The fourth-order valence-corrected chi connectivity index (χ4v) is 3.31. The van der Waals surface area contributed by atoms with Crippen LogP contribution < -0.4 is 0 Å². The summed E-state index contributed by atoms with van der Waals surface area (Å²) in [6.45, 7) is 0. The molecule has 1 aliphatic heterocycles. The van der Waals surface area contributed by atoms with Crippen molar-refractivity contribution in [3.63, 3.8) is 0 Å². The Hall–Kier alpha value is -1.80. The van der Waals surface area contributed by atoms with E-state index < -0.39 is 21.9 Å². The first kappa shape index (κ1) is 14.2. The number of aromatic nitrogens is 3. The molecule has 0 unspecified atom stereocenters. The lowest BCUT2D eigenvalue weighted by atomic mass is 10.0. The summed E-state index contributed by atoms with van der Waals surface area (Å²) >= 11 is 0. The van der Waals surface area contributed by atoms with Gasteiger partial charge in [0.15, 0.2) is 17.9 Å². The lowest BCUT2D eigenvalue weighted by Crippen LogP contribution is -2.13. The Balaban J connectivity index is 2.02. The number of benzene rings is 1. The SMILES string of the molecule is COCS(=O)(=O)c1nc2n(n1)[C@H](c1ccccc1)C[C@@H]2F. The Labute approximate surface area is 121 Å². The Morgan fingerprint density at radius 1 is 1.38 bits per heavy atom. The summed E-state index contributed by atoms with van der Waals surface area (Å²) in [5.41, 5.74) is 0.875. The Bertz CT molecular complexity index is 745. The molecule has 0 bridgehead atoms. The summed E-state index contributed by atoms with van der Waals surface area (Å²) in [5.74, 6) is -0.470. The third kappa shape index (κ3) is 2.44. The Kier molecular flexibility index (Phi) is 3.50. The molecule has 0 spiro atoms. The van der Waals surface area contributed by atoms with Crippen molar-refractivity contribution in [3.8, 4) is 0 Å². The van der Waals surface area contributed by atoms with Crippen LogP contribution in [0, 0.1) is 0 Å². The van der Waals surface area contributed by atoms with Gasteiger partial charge in [-0.3, -0.25) is 0 Å². The van der Waals surface area contributed by atoms with Crippen molar-refractivity contribution in [1.82, 2.24) is 14.8 Å². The molecule has 1 aromatic heterocycles. The zero-order chi connectivity index (χ0) is 15.0. The van der Waals surface area contributed by atoms with E-state index in [1.54, 1.807) is 0 Å². The van der Waals surface area contributed by atoms with Crippen LogP contribution in [-0.2, 0) is 14.6 Å². The standard InChI is InChI=1S/C13H14FN3O3S/c1-20-8-21(18,19)13-15-12-10(14)7-11(17(12)16-13)9-5-3-2-4-6-9/h2-6,10-11H,7-8H2,1H3/t10-,11-/m0/s1. The lowest BCUT2D eigenvalue weighted by molar-refractivity contribution is 0.249. The van der Waals surface area contributed by atoms with E-state index >= 15 is 0 Å². The van der Waals surface area contributed by atoms with Crippen LogP contribution in [0.25, 0.3) is 0 Å². The van der Waals surface area contributed by atoms with Crippen LogP contribution in [0.2, 0.25) is 0 Å². The maximum absolute atomic E-state index is 14.1. The van der Waals surface area contributed by atoms with Gasteiger partial charge in [0, 0.05) is 13.5 Å². The van der Waals surface area contributed by atoms with Gasteiger partial charge < -0.3 is 4.74 Å². The topological polar surface area (TPSA) is 74.1 Å². The maximum atomic E-state index is 14.1.